The van der Waals surface area contributed by atoms with Gasteiger partial charge in [0.05, 0.1) is 16.7 Å². The predicted molar refractivity (Wildman–Crippen MR) is 62.8 cm³/mol. The molecule has 1 aliphatic rings. The Morgan fingerprint density at radius 2 is 2.25 bits per heavy atom. The highest BCUT2D eigenvalue weighted by Gasteiger charge is 2.27. The lowest BCUT2D eigenvalue weighted by Crippen LogP contribution is -2.30. The number of nitrogens with zero attached hydrogens (tertiary/aromatic N) is 1. The van der Waals surface area contributed by atoms with E-state index in [4.69, 9.17) is 16.3 Å². The van der Waals surface area contributed by atoms with Crippen LogP contribution in [0.25, 0.3) is 0 Å². The molecule has 86 valence electrons. The van der Waals surface area contributed by atoms with Gasteiger partial charge in [-0.15, -0.1) is 0 Å². The third-order valence-electron chi connectivity index (χ3n) is 2.87. The SMILES string of the molecule is COC1CCN(C(=O)c2ccccc2Cl)C1. The number of hydrogen-bond acceptors (Lipinski definition) is 2. The highest BCUT2D eigenvalue weighted by Crippen LogP contribution is 2.20. The molecule has 0 aliphatic carbocycles. The summed E-state index contributed by atoms with van der Waals surface area (Å²) in [6, 6.07) is 7.13. The number of benzene rings is 1. The molecule has 1 unspecified atom stereocenters. The standard InChI is InChI=1S/C12H14ClNO2/c1-16-9-6-7-14(8-9)12(15)10-4-2-3-5-11(10)13/h2-5,9H,6-8H2,1H3. The van der Waals surface area contributed by atoms with Crippen LogP contribution >= 0.6 is 11.6 Å². The van der Waals surface area contributed by atoms with Crippen molar-refractivity contribution in [1.29, 1.82) is 0 Å². The maximum Gasteiger partial charge on any atom is 0.255 e. The summed E-state index contributed by atoms with van der Waals surface area (Å²) < 4.78 is 5.23. The van der Waals surface area contributed by atoms with E-state index < -0.39 is 0 Å². The van der Waals surface area contributed by atoms with Gasteiger partial charge < -0.3 is 9.64 Å². The van der Waals surface area contributed by atoms with Crippen molar-refractivity contribution < 1.29 is 9.53 Å². The number of methoxy groups -OCH3 is 1. The number of amides is 1. The molecule has 1 fully saturated rings. The molecular weight excluding hydrogens is 226 g/mol. The summed E-state index contributed by atoms with van der Waals surface area (Å²) in [5, 5.41) is 0.508. The summed E-state index contributed by atoms with van der Waals surface area (Å²) >= 11 is 5.99. The van der Waals surface area contributed by atoms with E-state index in [0.29, 0.717) is 17.1 Å². The molecule has 16 heavy (non-hydrogen) atoms. The van der Waals surface area contributed by atoms with Crippen LogP contribution in [0.1, 0.15) is 16.8 Å². The molecule has 0 spiro atoms. The molecule has 3 nitrogen and oxygen atoms in total. The molecule has 0 radical (unpaired) electrons. The van der Waals surface area contributed by atoms with Crippen molar-refractivity contribution >= 4 is 17.5 Å². The van der Waals surface area contributed by atoms with Gasteiger partial charge in [0.2, 0.25) is 0 Å². The minimum absolute atomic E-state index is 0.00912. The second-order valence-corrected chi connectivity index (χ2v) is 4.28. The Labute approximate surface area is 100.0 Å². The van der Waals surface area contributed by atoms with Crippen molar-refractivity contribution in [3.05, 3.63) is 34.9 Å². The average molecular weight is 240 g/mol. The van der Waals surface area contributed by atoms with Gasteiger partial charge in [-0.25, -0.2) is 0 Å². The minimum atomic E-state index is -0.00912. The molecule has 1 aliphatic heterocycles. The number of likely N-dealkylation sites (tertiary alicyclic amines) is 1. The summed E-state index contributed by atoms with van der Waals surface area (Å²) in [5.41, 5.74) is 0.570. The first-order chi connectivity index (χ1) is 7.72. The Bertz CT molecular complexity index is 394. The zero-order valence-electron chi connectivity index (χ0n) is 9.15. The molecule has 2 rings (SSSR count). The van der Waals surface area contributed by atoms with Crippen molar-refractivity contribution in [2.24, 2.45) is 0 Å². The molecule has 0 N–H and O–H groups in total. The van der Waals surface area contributed by atoms with Crippen molar-refractivity contribution in [2.75, 3.05) is 20.2 Å². The van der Waals surface area contributed by atoms with Crippen LogP contribution in [0.5, 0.6) is 0 Å². The van der Waals surface area contributed by atoms with E-state index in [2.05, 4.69) is 0 Å². The van der Waals surface area contributed by atoms with Crippen molar-refractivity contribution in [1.82, 2.24) is 4.90 Å². The molecule has 1 atom stereocenters. The molecule has 0 aromatic heterocycles. The normalized spacial score (nSPS) is 20.1. The molecule has 1 heterocycles. The maximum atomic E-state index is 12.1. The van der Waals surface area contributed by atoms with E-state index in [1.54, 1.807) is 24.1 Å². The summed E-state index contributed by atoms with van der Waals surface area (Å²) in [4.78, 5) is 13.9. The molecule has 4 heteroatoms. The largest absolute Gasteiger partial charge is 0.380 e. The van der Waals surface area contributed by atoms with Crippen molar-refractivity contribution in [3.8, 4) is 0 Å². The van der Waals surface area contributed by atoms with E-state index in [1.165, 1.54) is 0 Å². The van der Waals surface area contributed by atoms with Gasteiger partial charge in [-0.1, -0.05) is 23.7 Å². The van der Waals surface area contributed by atoms with Gasteiger partial charge in [-0.05, 0) is 18.6 Å². The van der Waals surface area contributed by atoms with Gasteiger partial charge in [0.25, 0.3) is 5.91 Å². The smallest absolute Gasteiger partial charge is 0.255 e. The average Bonchev–Trinajstić information content (AvgIpc) is 2.77. The van der Waals surface area contributed by atoms with E-state index in [9.17, 15) is 4.79 Å². The third-order valence-corrected chi connectivity index (χ3v) is 3.20. The van der Waals surface area contributed by atoms with Crippen LogP contribution in [-0.4, -0.2) is 37.1 Å². The monoisotopic (exact) mass is 239 g/mol. The second kappa shape index (κ2) is 4.85. The first-order valence-corrected chi connectivity index (χ1v) is 5.66. The predicted octanol–water partition coefficient (Wildman–Crippen LogP) is 2.20. The van der Waals surface area contributed by atoms with Crippen LogP contribution in [0.4, 0.5) is 0 Å². The van der Waals surface area contributed by atoms with Crippen LogP contribution < -0.4 is 0 Å². The fourth-order valence-electron chi connectivity index (χ4n) is 1.91. The number of halogens is 1. The van der Waals surface area contributed by atoms with Crippen LogP contribution in [0.15, 0.2) is 24.3 Å². The molecule has 1 saturated heterocycles. The van der Waals surface area contributed by atoms with E-state index in [1.807, 2.05) is 12.1 Å². The molecule has 1 amide bonds. The van der Waals surface area contributed by atoms with Gasteiger partial charge in [0.1, 0.15) is 0 Å². The fourth-order valence-corrected chi connectivity index (χ4v) is 2.13. The Balaban J connectivity index is 2.12. The second-order valence-electron chi connectivity index (χ2n) is 3.88. The molecule has 1 aromatic carbocycles. The van der Waals surface area contributed by atoms with Gasteiger partial charge in [-0.2, -0.15) is 0 Å². The number of rotatable bonds is 2. The highest BCUT2D eigenvalue weighted by molar-refractivity contribution is 6.33. The van der Waals surface area contributed by atoms with E-state index in [-0.39, 0.29) is 12.0 Å². The van der Waals surface area contributed by atoms with Crippen molar-refractivity contribution in [2.45, 2.75) is 12.5 Å². The Morgan fingerprint density at radius 1 is 1.50 bits per heavy atom. The Hall–Kier alpha value is -1.06. The van der Waals surface area contributed by atoms with Crippen LogP contribution in [0, 0.1) is 0 Å². The van der Waals surface area contributed by atoms with Gasteiger partial charge >= 0.3 is 0 Å². The lowest BCUT2D eigenvalue weighted by atomic mass is 10.2. The summed E-state index contributed by atoms with van der Waals surface area (Å²) in [6.45, 7) is 1.39. The topological polar surface area (TPSA) is 29.5 Å². The number of carbonyl (C=O) groups excluding carboxylic acids is 1. The molecule has 0 bridgehead atoms. The Kier molecular flexibility index (Phi) is 3.46. The van der Waals surface area contributed by atoms with Gasteiger partial charge in [-0.3, -0.25) is 4.79 Å². The maximum absolute atomic E-state index is 12.1. The van der Waals surface area contributed by atoms with Crippen LogP contribution in [0.3, 0.4) is 0 Å². The first kappa shape index (κ1) is 11.4. The summed E-state index contributed by atoms with van der Waals surface area (Å²) in [7, 11) is 1.67. The van der Waals surface area contributed by atoms with E-state index >= 15 is 0 Å². The minimum Gasteiger partial charge on any atom is -0.380 e. The number of ether oxygens (including phenoxy) is 1. The van der Waals surface area contributed by atoms with Crippen molar-refractivity contribution in [3.63, 3.8) is 0 Å². The zero-order valence-corrected chi connectivity index (χ0v) is 9.91. The quantitative estimate of drug-likeness (QED) is 0.792. The Morgan fingerprint density at radius 3 is 2.88 bits per heavy atom. The van der Waals surface area contributed by atoms with Crippen LogP contribution in [-0.2, 0) is 4.74 Å². The fraction of sp³-hybridized carbons (Fsp3) is 0.417. The molecule has 0 saturated carbocycles. The lowest BCUT2D eigenvalue weighted by Gasteiger charge is -2.16. The lowest BCUT2D eigenvalue weighted by molar-refractivity contribution is 0.0724. The van der Waals surface area contributed by atoms with Crippen LogP contribution in [0.2, 0.25) is 5.02 Å². The first-order valence-electron chi connectivity index (χ1n) is 5.29. The van der Waals surface area contributed by atoms with Gasteiger partial charge in [0, 0.05) is 20.2 Å². The molecule has 1 aromatic rings. The van der Waals surface area contributed by atoms with Gasteiger partial charge in [0.15, 0.2) is 0 Å². The summed E-state index contributed by atoms with van der Waals surface area (Å²) in [6.07, 6.45) is 1.05. The third kappa shape index (κ3) is 2.20. The zero-order chi connectivity index (χ0) is 11.5. The molecular formula is C12H14ClNO2. The number of carbonyl (C=O) groups is 1. The highest BCUT2D eigenvalue weighted by atomic mass is 35.5. The number of hydrogen-bond donors (Lipinski definition) is 0. The summed E-state index contributed by atoms with van der Waals surface area (Å²) in [5.74, 6) is -0.00912. The van der Waals surface area contributed by atoms with E-state index in [0.717, 1.165) is 13.0 Å².